The van der Waals surface area contributed by atoms with E-state index in [1.807, 2.05) is 73.0 Å². The molecule has 8 heterocycles. The fraction of sp³-hybridized carbons (Fsp3) is 0.250. The summed E-state index contributed by atoms with van der Waals surface area (Å²) in [6.07, 6.45) is 3.39. The number of anilines is 1. The number of aryl methyl sites for hydroxylation is 2. The zero-order valence-electron chi connectivity index (χ0n) is 35.8. The number of benzene rings is 2. The van der Waals surface area contributed by atoms with Gasteiger partial charge < -0.3 is 30.0 Å². The van der Waals surface area contributed by atoms with Crippen LogP contribution in [0.25, 0.3) is 54.6 Å². The minimum atomic E-state index is -0.186. The molecule has 15 nitrogen and oxygen atoms in total. The van der Waals surface area contributed by atoms with Crippen molar-refractivity contribution in [1.82, 2.24) is 44.6 Å². The van der Waals surface area contributed by atoms with Crippen LogP contribution in [-0.2, 0) is 6.54 Å². The van der Waals surface area contributed by atoms with Crippen molar-refractivity contribution in [3.63, 3.8) is 0 Å². The first-order valence-electron chi connectivity index (χ1n) is 21.3. The van der Waals surface area contributed by atoms with Crippen molar-refractivity contribution in [2.24, 2.45) is 0 Å². The van der Waals surface area contributed by atoms with Gasteiger partial charge in [0.15, 0.2) is 11.6 Å². The average molecular weight is 905 g/mol. The number of amides is 2. The summed E-state index contributed by atoms with van der Waals surface area (Å²) >= 11 is 2.62. The number of hydrogen-bond donors (Lipinski definition) is 3. The summed E-state index contributed by atoms with van der Waals surface area (Å²) in [7, 11) is 0. The van der Waals surface area contributed by atoms with Gasteiger partial charge in [0.25, 0.3) is 11.8 Å². The third-order valence-electron chi connectivity index (χ3n) is 12.1. The van der Waals surface area contributed by atoms with Gasteiger partial charge in [-0.1, -0.05) is 36.4 Å². The van der Waals surface area contributed by atoms with Crippen molar-refractivity contribution >= 4 is 60.6 Å². The third-order valence-corrected chi connectivity index (χ3v) is 14.3. The number of phenolic OH excluding ortho intramolecular Hbond substituents is 1. The van der Waals surface area contributed by atoms with Gasteiger partial charge in [-0.2, -0.15) is 9.97 Å². The van der Waals surface area contributed by atoms with Gasteiger partial charge in [-0.05, 0) is 74.4 Å². The first kappa shape index (κ1) is 41.9. The second kappa shape index (κ2) is 17.1. The van der Waals surface area contributed by atoms with Gasteiger partial charge >= 0.3 is 0 Å². The van der Waals surface area contributed by atoms with Gasteiger partial charge in [0, 0.05) is 91.8 Å². The van der Waals surface area contributed by atoms with Gasteiger partial charge in [-0.25, -0.2) is 9.97 Å². The van der Waals surface area contributed by atoms with Crippen LogP contribution in [-0.4, -0.2) is 124 Å². The zero-order chi connectivity index (χ0) is 44.9. The maximum atomic E-state index is 14.2. The molecule has 17 heteroatoms. The molecule has 2 saturated heterocycles. The van der Waals surface area contributed by atoms with E-state index in [1.165, 1.54) is 22.7 Å². The van der Waals surface area contributed by atoms with E-state index in [4.69, 9.17) is 9.97 Å². The number of carbonyl (C=O) groups is 2. The Morgan fingerprint density at radius 3 is 1.92 bits per heavy atom. The first-order valence-corrected chi connectivity index (χ1v) is 23.0. The van der Waals surface area contributed by atoms with Gasteiger partial charge in [0.1, 0.15) is 37.6 Å². The fourth-order valence-electron chi connectivity index (χ4n) is 8.75. The highest BCUT2D eigenvalue weighted by Crippen LogP contribution is 2.39. The van der Waals surface area contributed by atoms with Crippen molar-refractivity contribution in [2.75, 3.05) is 50.7 Å². The number of rotatable bonds is 8. The van der Waals surface area contributed by atoms with E-state index in [2.05, 4.69) is 41.9 Å². The van der Waals surface area contributed by atoms with Crippen LogP contribution in [0.1, 0.15) is 43.0 Å². The summed E-state index contributed by atoms with van der Waals surface area (Å²) in [5.74, 6) is 0.148. The van der Waals surface area contributed by atoms with Crippen molar-refractivity contribution in [3.8, 4) is 51.7 Å². The van der Waals surface area contributed by atoms with E-state index < -0.39 is 0 Å². The highest BCUT2D eigenvalue weighted by Gasteiger charge is 2.33. The van der Waals surface area contributed by atoms with Crippen LogP contribution in [0.3, 0.4) is 0 Å². The van der Waals surface area contributed by atoms with Crippen LogP contribution in [0.2, 0.25) is 0 Å². The van der Waals surface area contributed by atoms with Crippen molar-refractivity contribution < 1.29 is 24.9 Å². The second-order valence-electron chi connectivity index (χ2n) is 16.4. The van der Waals surface area contributed by atoms with Crippen LogP contribution in [0.4, 0.5) is 5.69 Å². The number of phenols is 1. The molecule has 0 aliphatic carbocycles. The van der Waals surface area contributed by atoms with Crippen LogP contribution in [0.5, 0.6) is 17.5 Å². The molecular formula is C48H44N10O5S2. The number of thiophene rings is 2. The van der Waals surface area contributed by atoms with E-state index in [-0.39, 0.29) is 47.0 Å². The minimum absolute atomic E-state index is 0.0979. The Morgan fingerprint density at radius 2 is 1.32 bits per heavy atom. The normalized spacial score (nSPS) is 15.9. The highest BCUT2D eigenvalue weighted by atomic mass is 32.1. The predicted molar refractivity (Wildman–Crippen MR) is 252 cm³/mol. The second-order valence-corrected chi connectivity index (χ2v) is 18.8. The molecule has 6 aromatic heterocycles. The molecule has 2 aliphatic rings. The predicted octanol–water partition coefficient (Wildman–Crippen LogP) is 7.53. The maximum Gasteiger partial charge on any atom is 0.257 e. The smallest absolute Gasteiger partial charge is 0.257 e. The monoisotopic (exact) mass is 904 g/mol. The van der Waals surface area contributed by atoms with Crippen LogP contribution in [0.15, 0.2) is 91.3 Å². The molecule has 0 saturated carbocycles. The van der Waals surface area contributed by atoms with Gasteiger partial charge in [0.2, 0.25) is 11.8 Å². The quantitative estimate of drug-likeness (QED) is 0.136. The van der Waals surface area contributed by atoms with Crippen molar-refractivity contribution in [2.45, 2.75) is 33.4 Å². The number of pyridine rings is 2. The van der Waals surface area contributed by atoms with Crippen LogP contribution in [0, 0.1) is 13.8 Å². The Kier molecular flexibility index (Phi) is 11.0. The molecule has 65 heavy (non-hydrogen) atoms. The summed E-state index contributed by atoms with van der Waals surface area (Å²) in [6, 6.07) is 24.5. The molecule has 10 rings (SSSR count). The summed E-state index contributed by atoms with van der Waals surface area (Å²) < 4.78 is 0.950. The number of aromatic nitrogens is 6. The minimum Gasteiger partial charge on any atom is -0.508 e. The Labute approximate surface area is 382 Å². The van der Waals surface area contributed by atoms with E-state index in [1.54, 1.807) is 36.7 Å². The Balaban J connectivity index is 0.803. The van der Waals surface area contributed by atoms with E-state index in [0.29, 0.717) is 95.3 Å². The molecule has 0 radical (unpaired) electrons. The van der Waals surface area contributed by atoms with Gasteiger partial charge in [0.05, 0.1) is 11.1 Å². The lowest BCUT2D eigenvalue weighted by Gasteiger charge is -2.41. The molecule has 0 spiro atoms. The number of nitrogens with zero attached hydrogens (tertiary/aromatic N) is 10. The lowest BCUT2D eigenvalue weighted by molar-refractivity contribution is 0.0629. The molecule has 1 atom stereocenters. The average Bonchev–Trinajstić information content (AvgIpc) is 3.85. The standard InChI is InChI=1S/C48H44N10O5S2/c1-27-25-57(21-22-58(27)48(63)38-29(3)65-42-40(38)52-43(53-46(42)61)35-9-4-5-16-49-35)33-13-10-31(11-14-33)32-12-15-36(50-24-32)44-51-39-37(28(2)64-41(39)45(60)54-44)47(62)56-19-17-55(18-20-56)26-30-7-6-8-34(59)23-30/h4-16,23-24,27,59H,17-22,25-26H2,1-3H3,(H,51,54,60)(H,52,53,61). The molecule has 2 fully saturated rings. The van der Waals surface area contributed by atoms with Crippen molar-refractivity contribution in [3.05, 3.63) is 118 Å². The third kappa shape index (κ3) is 8.06. The highest BCUT2D eigenvalue weighted by molar-refractivity contribution is 7.20. The largest absolute Gasteiger partial charge is 0.508 e. The number of hydrogen-bond acceptors (Lipinski definition) is 15. The maximum absolute atomic E-state index is 14.2. The fourth-order valence-corrected chi connectivity index (χ4v) is 10.7. The van der Waals surface area contributed by atoms with E-state index in [9.17, 15) is 24.9 Å². The molecule has 2 amide bonds. The van der Waals surface area contributed by atoms with Crippen LogP contribution < -0.4 is 4.90 Å². The Bertz CT molecular complexity index is 3100. The summed E-state index contributed by atoms with van der Waals surface area (Å²) in [5.41, 5.74) is 6.71. The number of carbonyl (C=O) groups excluding carboxylic acids is 2. The number of fused-ring (bicyclic) bond motifs is 2. The lowest BCUT2D eigenvalue weighted by atomic mass is 10.1. The number of aromatic hydroxyl groups is 3. The molecule has 1 unspecified atom stereocenters. The van der Waals surface area contributed by atoms with Crippen LogP contribution >= 0.6 is 22.7 Å². The zero-order valence-corrected chi connectivity index (χ0v) is 37.5. The molecule has 3 N–H and O–H groups in total. The van der Waals surface area contributed by atoms with Crippen molar-refractivity contribution in [1.29, 1.82) is 0 Å². The number of piperazine rings is 2. The Hall–Kier alpha value is -7.08. The Morgan fingerprint density at radius 1 is 0.677 bits per heavy atom. The first-order chi connectivity index (χ1) is 31.5. The topological polar surface area (TPSA) is 185 Å². The summed E-state index contributed by atoms with van der Waals surface area (Å²) in [5, 5.41) is 31.7. The molecule has 2 aliphatic heterocycles. The van der Waals surface area contributed by atoms with Gasteiger partial charge in [-0.15, -0.1) is 22.7 Å². The molecular weight excluding hydrogens is 861 g/mol. The summed E-state index contributed by atoms with van der Waals surface area (Å²) in [6.45, 7) is 10.7. The summed E-state index contributed by atoms with van der Waals surface area (Å²) in [4.78, 5) is 65.2. The van der Waals surface area contributed by atoms with E-state index in [0.717, 1.165) is 32.1 Å². The van der Waals surface area contributed by atoms with Gasteiger partial charge in [-0.3, -0.25) is 24.5 Å². The molecule has 8 aromatic rings. The molecule has 2 aromatic carbocycles. The SMILES string of the molecule is Cc1sc2c(O)nc(-c3ccc(-c4ccc(N5CCN(C(=O)c6c(C)sc7c(O)nc(-c8ccccn8)nc67)C(C)C5)cc4)cn3)nc2c1C(=O)N1CCN(Cc2cccc(O)c2)CC1. The lowest BCUT2D eigenvalue weighted by Crippen LogP contribution is -2.54. The molecule has 0 bridgehead atoms. The van der Waals surface area contributed by atoms with E-state index >= 15 is 0 Å². The molecule has 328 valence electrons.